The molecule has 2 heterocycles. The minimum atomic E-state index is 0.642. The van der Waals surface area contributed by atoms with Crippen LogP contribution < -0.4 is 0 Å². The molecular weight excluding hydrogens is 807 g/mol. The van der Waals surface area contributed by atoms with Gasteiger partial charge in [-0.15, -0.1) is 11.3 Å². The van der Waals surface area contributed by atoms with Crippen LogP contribution in [-0.4, -0.2) is 15.0 Å². The van der Waals surface area contributed by atoms with Crippen molar-refractivity contribution in [2.75, 3.05) is 0 Å². The van der Waals surface area contributed by atoms with Crippen molar-refractivity contribution < 1.29 is 0 Å². The number of benzene rings is 11. The Bertz CT molecular complexity index is 4190. The standard InChI is InChI=1S/C61H35N3S/c1-2-11-40(12-3-1)59-62-60(41-28-23-36(24-29-41)54-35-42-13-4-7-22-53(42)65-54)64-61(63-59)51-32-31-45(46-17-5-6-18-47(46)51)44-33-43-30-27-39-15-9-20-49-48-19-8-14-37-25-26-38-16-10-21-50(57(38)55(37)48)52(34-44)58(43)56(39)49/h1-35H. The predicted molar refractivity (Wildman–Crippen MR) is 276 cm³/mol. The summed E-state index contributed by atoms with van der Waals surface area (Å²) in [4.78, 5) is 16.8. The molecule has 12 aromatic carbocycles. The SMILES string of the molecule is c1ccc(-c2nc(-c3ccc(-c4cc5ccccc5s4)cc3)nc(-c3ccc(-c4cc5ccc6cccc7c8cccc9ccc%10cccc(c(c4)c5c67)c%10c98)c4ccccc34)n2)cc1. The van der Waals surface area contributed by atoms with E-state index in [9.17, 15) is 0 Å². The largest absolute Gasteiger partial charge is 0.208 e. The van der Waals surface area contributed by atoms with Crippen LogP contribution in [0.15, 0.2) is 212 Å². The molecule has 0 radical (unpaired) electrons. The van der Waals surface area contributed by atoms with Crippen LogP contribution in [0.4, 0.5) is 0 Å². The number of aromatic nitrogens is 3. The summed E-state index contributed by atoms with van der Waals surface area (Å²) in [6, 6.07) is 77.2. The Balaban J connectivity index is 0.976. The summed E-state index contributed by atoms with van der Waals surface area (Å²) in [5.74, 6) is 1.93. The van der Waals surface area contributed by atoms with Gasteiger partial charge in [-0.1, -0.05) is 182 Å². The molecule has 0 aliphatic rings. The minimum absolute atomic E-state index is 0.642. The van der Waals surface area contributed by atoms with E-state index in [-0.39, 0.29) is 0 Å². The van der Waals surface area contributed by atoms with E-state index in [2.05, 4.69) is 194 Å². The molecule has 300 valence electrons. The van der Waals surface area contributed by atoms with Gasteiger partial charge >= 0.3 is 0 Å². The van der Waals surface area contributed by atoms with Crippen molar-refractivity contribution in [3.63, 3.8) is 0 Å². The highest BCUT2D eigenvalue weighted by atomic mass is 32.1. The van der Waals surface area contributed by atoms with E-state index in [1.165, 1.54) is 90.7 Å². The molecule has 0 amide bonds. The normalized spacial score (nSPS) is 12.0. The van der Waals surface area contributed by atoms with Gasteiger partial charge in [-0.2, -0.15) is 0 Å². The van der Waals surface area contributed by atoms with Crippen LogP contribution in [0.1, 0.15) is 0 Å². The summed E-state index contributed by atoms with van der Waals surface area (Å²) in [5.41, 5.74) is 6.36. The molecule has 0 spiro atoms. The maximum atomic E-state index is 5.25. The Hall–Kier alpha value is -8.31. The van der Waals surface area contributed by atoms with E-state index in [4.69, 9.17) is 15.0 Å². The average molecular weight is 842 g/mol. The third-order valence-corrected chi connectivity index (χ3v) is 14.6. The molecule has 14 aromatic rings. The van der Waals surface area contributed by atoms with Gasteiger partial charge in [0.2, 0.25) is 0 Å². The molecular formula is C61H35N3S. The molecule has 0 bridgehead atoms. The lowest BCUT2D eigenvalue weighted by atomic mass is 9.86. The van der Waals surface area contributed by atoms with Crippen LogP contribution in [0.2, 0.25) is 0 Å². The molecule has 2 aromatic heterocycles. The summed E-state index contributed by atoms with van der Waals surface area (Å²) in [7, 11) is 0. The monoisotopic (exact) mass is 841 g/mol. The zero-order valence-electron chi connectivity index (χ0n) is 35.0. The maximum Gasteiger partial charge on any atom is 0.164 e. The van der Waals surface area contributed by atoms with E-state index in [0.29, 0.717) is 17.5 Å². The Labute approximate surface area is 377 Å². The third kappa shape index (κ3) is 5.64. The number of rotatable bonds is 5. The van der Waals surface area contributed by atoms with Gasteiger partial charge in [0, 0.05) is 26.3 Å². The van der Waals surface area contributed by atoms with Crippen molar-refractivity contribution in [1.29, 1.82) is 0 Å². The van der Waals surface area contributed by atoms with Gasteiger partial charge in [0.25, 0.3) is 0 Å². The lowest BCUT2D eigenvalue weighted by molar-refractivity contribution is 1.08. The van der Waals surface area contributed by atoms with Crippen molar-refractivity contribution >= 4 is 96.8 Å². The second-order valence-electron chi connectivity index (χ2n) is 17.1. The summed E-state index contributed by atoms with van der Waals surface area (Å²) in [6.07, 6.45) is 0. The van der Waals surface area contributed by atoms with Crippen LogP contribution in [0, 0.1) is 0 Å². The van der Waals surface area contributed by atoms with Crippen LogP contribution >= 0.6 is 11.3 Å². The number of thiophene rings is 1. The molecule has 0 fully saturated rings. The molecule has 0 atom stereocenters. The summed E-state index contributed by atoms with van der Waals surface area (Å²) in [5, 5.41) is 18.8. The van der Waals surface area contributed by atoms with Gasteiger partial charge in [0.15, 0.2) is 17.5 Å². The van der Waals surface area contributed by atoms with E-state index in [1.54, 1.807) is 0 Å². The molecule has 0 aliphatic carbocycles. The second-order valence-corrected chi connectivity index (χ2v) is 18.2. The molecule has 65 heavy (non-hydrogen) atoms. The van der Waals surface area contributed by atoms with Crippen LogP contribution in [0.25, 0.3) is 141 Å². The molecule has 3 nitrogen and oxygen atoms in total. The third-order valence-electron chi connectivity index (χ3n) is 13.4. The van der Waals surface area contributed by atoms with Gasteiger partial charge in [0.05, 0.1) is 0 Å². The van der Waals surface area contributed by atoms with Gasteiger partial charge < -0.3 is 0 Å². The summed E-state index contributed by atoms with van der Waals surface area (Å²) < 4.78 is 1.29. The van der Waals surface area contributed by atoms with Gasteiger partial charge in [-0.3, -0.25) is 0 Å². The number of nitrogens with zero attached hydrogens (tertiary/aromatic N) is 3. The zero-order valence-corrected chi connectivity index (χ0v) is 35.8. The van der Waals surface area contributed by atoms with Gasteiger partial charge in [-0.25, -0.2) is 15.0 Å². The molecule has 0 saturated carbocycles. The average Bonchev–Trinajstić information content (AvgIpc) is 3.82. The Morgan fingerprint density at radius 2 is 0.738 bits per heavy atom. The summed E-state index contributed by atoms with van der Waals surface area (Å²) >= 11 is 1.81. The lowest BCUT2D eigenvalue weighted by Gasteiger charge is -2.18. The first-order valence-corrected chi connectivity index (χ1v) is 22.9. The minimum Gasteiger partial charge on any atom is -0.208 e. The first-order chi connectivity index (χ1) is 32.2. The van der Waals surface area contributed by atoms with Crippen molar-refractivity contribution in [3.05, 3.63) is 212 Å². The number of fused-ring (bicyclic) bond motifs is 4. The predicted octanol–water partition coefficient (Wildman–Crippen LogP) is 16.9. The van der Waals surface area contributed by atoms with E-state index >= 15 is 0 Å². The fraction of sp³-hybridized carbons (Fsp3) is 0. The highest BCUT2D eigenvalue weighted by Gasteiger charge is 2.20. The fourth-order valence-corrected chi connectivity index (χ4v) is 11.5. The quantitative estimate of drug-likeness (QED) is 0.162. The smallest absolute Gasteiger partial charge is 0.164 e. The Morgan fingerprint density at radius 1 is 0.262 bits per heavy atom. The zero-order chi connectivity index (χ0) is 42.6. The Kier molecular flexibility index (Phi) is 7.85. The number of hydrogen-bond acceptors (Lipinski definition) is 4. The van der Waals surface area contributed by atoms with Gasteiger partial charge in [-0.05, 0) is 128 Å². The molecule has 0 saturated heterocycles. The number of hydrogen-bond donors (Lipinski definition) is 0. The van der Waals surface area contributed by atoms with Crippen LogP contribution in [-0.2, 0) is 0 Å². The first-order valence-electron chi connectivity index (χ1n) is 22.1. The van der Waals surface area contributed by atoms with Crippen molar-refractivity contribution in [2.24, 2.45) is 0 Å². The Morgan fingerprint density at radius 3 is 1.40 bits per heavy atom. The van der Waals surface area contributed by atoms with Crippen LogP contribution in [0.3, 0.4) is 0 Å². The second kappa shape index (κ2) is 14.1. The highest BCUT2D eigenvalue weighted by Crippen LogP contribution is 2.46. The van der Waals surface area contributed by atoms with Crippen molar-refractivity contribution in [1.82, 2.24) is 15.0 Å². The van der Waals surface area contributed by atoms with E-state index in [1.807, 2.05) is 29.5 Å². The lowest BCUT2D eigenvalue weighted by Crippen LogP contribution is -2.00. The molecule has 14 rings (SSSR count). The molecule has 0 unspecified atom stereocenters. The van der Waals surface area contributed by atoms with Crippen molar-refractivity contribution in [3.8, 4) is 55.7 Å². The topological polar surface area (TPSA) is 38.7 Å². The van der Waals surface area contributed by atoms with Crippen molar-refractivity contribution in [2.45, 2.75) is 0 Å². The highest BCUT2D eigenvalue weighted by molar-refractivity contribution is 7.22. The first kappa shape index (κ1) is 36.2. The summed E-state index contributed by atoms with van der Waals surface area (Å²) in [6.45, 7) is 0. The molecule has 0 N–H and O–H groups in total. The van der Waals surface area contributed by atoms with Crippen LogP contribution in [0.5, 0.6) is 0 Å². The molecule has 4 heteroatoms. The van der Waals surface area contributed by atoms with E-state index in [0.717, 1.165) is 33.0 Å². The van der Waals surface area contributed by atoms with Gasteiger partial charge in [0.1, 0.15) is 0 Å². The van der Waals surface area contributed by atoms with E-state index < -0.39 is 0 Å². The molecule has 0 aliphatic heterocycles. The maximum absolute atomic E-state index is 5.25. The fourth-order valence-electron chi connectivity index (χ4n) is 10.4.